The molecule has 5 heteroatoms. The Morgan fingerprint density at radius 2 is 1.77 bits per heavy atom. The molecule has 0 fully saturated rings. The number of carbonyl (C=O) groups excluding carboxylic acids is 1. The second-order valence-electron chi connectivity index (χ2n) is 6.74. The Hall–Kier alpha value is -3.91. The van der Waals surface area contributed by atoms with Crippen LogP contribution in [0.1, 0.15) is 22.3 Å². The zero-order valence-corrected chi connectivity index (χ0v) is 16.6. The van der Waals surface area contributed by atoms with E-state index < -0.39 is 0 Å². The lowest BCUT2D eigenvalue weighted by Crippen LogP contribution is -2.28. The van der Waals surface area contributed by atoms with Gasteiger partial charge in [-0.3, -0.25) is 4.79 Å². The van der Waals surface area contributed by atoms with Crippen molar-refractivity contribution in [1.29, 1.82) is 5.26 Å². The van der Waals surface area contributed by atoms with Crippen molar-refractivity contribution in [3.05, 3.63) is 107 Å². The average Bonchev–Trinajstić information content (AvgIpc) is 2.77. The number of benzene rings is 3. The molecule has 30 heavy (non-hydrogen) atoms. The van der Waals surface area contributed by atoms with Gasteiger partial charge >= 0.3 is 0 Å². The summed E-state index contributed by atoms with van der Waals surface area (Å²) in [6.45, 7) is 0.600. The van der Waals surface area contributed by atoms with Crippen molar-refractivity contribution in [2.24, 2.45) is 0 Å². The summed E-state index contributed by atoms with van der Waals surface area (Å²) in [6, 6.07) is 22.7. The van der Waals surface area contributed by atoms with Gasteiger partial charge in [0, 0.05) is 19.2 Å². The number of hydrogen-bond acceptors (Lipinski definition) is 3. The van der Waals surface area contributed by atoms with Crippen molar-refractivity contribution in [2.45, 2.75) is 13.1 Å². The number of methoxy groups -OCH3 is 1. The molecule has 150 valence electrons. The number of ether oxygens (including phenoxy) is 1. The fourth-order valence-corrected chi connectivity index (χ4v) is 2.99. The third kappa shape index (κ3) is 5.79. The fraction of sp³-hybridized carbons (Fsp3) is 0.120. The van der Waals surface area contributed by atoms with Crippen LogP contribution in [0.4, 0.5) is 4.39 Å². The zero-order chi connectivity index (χ0) is 21.3. The van der Waals surface area contributed by atoms with E-state index in [1.54, 1.807) is 42.4 Å². The van der Waals surface area contributed by atoms with Gasteiger partial charge in [0.15, 0.2) is 0 Å². The molecule has 0 atom stereocenters. The first kappa shape index (κ1) is 20.8. The Labute approximate surface area is 175 Å². The molecule has 3 aromatic carbocycles. The van der Waals surface area contributed by atoms with Gasteiger partial charge in [0.2, 0.25) is 5.91 Å². The van der Waals surface area contributed by atoms with Crippen molar-refractivity contribution < 1.29 is 13.9 Å². The molecule has 0 bridgehead atoms. The van der Waals surface area contributed by atoms with E-state index in [0.29, 0.717) is 23.4 Å². The molecule has 0 spiro atoms. The van der Waals surface area contributed by atoms with E-state index in [1.807, 2.05) is 36.4 Å². The highest BCUT2D eigenvalue weighted by Gasteiger charge is 2.13. The molecule has 0 radical (unpaired) electrons. The highest BCUT2D eigenvalue weighted by Crippen LogP contribution is 2.16. The summed E-state index contributed by atoms with van der Waals surface area (Å²) < 4.78 is 18.8. The highest BCUT2D eigenvalue weighted by atomic mass is 19.1. The number of carbonyl (C=O) groups is 1. The third-order valence-electron chi connectivity index (χ3n) is 4.54. The number of nitrogens with zero attached hydrogens (tertiary/aromatic N) is 2. The minimum Gasteiger partial charge on any atom is -0.497 e. The van der Waals surface area contributed by atoms with Crippen LogP contribution in [0.5, 0.6) is 5.75 Å². The van der Waals surface area contributed by atoms with Crippen LogP contribution >= 0.6 is 0 Å². The lowest BCUT2D eigenvalue weighted by atomic mass is 10.1. The van der Waals surface area contributed by atoms with Crippen LogP contribution in [0.3, 0.4) is 0 Å². The first-order valence-electron chi connectivity index (χ1n) is 9.42. The van der Waals surface area contributed by atoms with Gasteiger partial charge < -0.3 is 9.64 Å². The Kier molecular flexibility index (Phi) is 6.96. The largest absolute Gasteiger partial charge is 0.497 e. The molecule has 3 rings (SSSR count). The molecule has 0 N–H and O–H groups in total. The average molecular weight is 400 g/mol. The van der Waals surface area contributed by atoms with E-state index in [0.717, 1.165) is 11.1 Å². The molecule has 0 aliphatic heterocycles. The molecular formula is C25H21FN2O2. The third-order valence-corrected chi connectivity index (χ3v) is 4.54. The van der Waals surface area contributed by atoms with Gasteiger partial charge in [0.05, 0.1) is 18.7 Å². The molecule has 0 aliphatic rings. The van der Waals surface area contributed by atoms with Gasteiger partial charge in [-0.25, -0.2) is 4.39 Å². The van der Waals surface area contributed by atoms with Gasteiger partial charge in [0.1, 0.15) is 11.6 Å². The van der Waals surface area contributed by atoms with E-state index >= 15 is 0 Å². The molecule has 0 unspecified atom stereocenters. The van der Waals surface area contributed by atoms with E-state index in [-0.39, 0.29) is 18.3 Å². The van der Waals surface area contributed by atoms with Crippen LogP contribution in [0.25, 0.3) is 6.08 Å². The van der Waals surface area contributed by atoms with Gasteiger partial charge in [-0.15, -0.1) is 0 Å². The van der Waals surface area contributed by atoms with Crippen molar-refractivity contribution in [3.8, 4) is 11.8 Å². The Morgan fingerprint density at radius 3 is 2.47 bits per heavy atom. The predicted octanol–water partition coefficient (Wildman–Crippen LogP) is 4.95. The van der Waals surface area contributed by atoms with Gasteiger partial charge in [-0.1, -0.05) is 36.4 Å². The first-order chi connectivity index (χ1) is 14.6. The maximum absolute atomic E-state index is 13.6. The normalized spacial score (nSPS) is 10.6. The number of amides is 1. The van der Waals surface area contributed by atoms with Crippen LogP contribution in [0.2, 0.25) is 0 Å². The number of hydrogen-bond donors (Lipinski definition) is 0. The fourth-order valence-electron chi connectivity index (χ4n) is 2.99. The van der Waals surface area contributed by atoms with Crippen molar-refractivity contribution in [1.82, 2.24) is 4.90 Å². The molecular weight excluding hydrogens is 379 g/mol. The van der Waals surface area contributed by atoms with Crippen LogP contribution < -0.4 is 4.74 Å². The second-order valence-corrected chi connectivity index (χ2v) is 6.74. The minimum atomic E-state index is -0.342. The molecule has 1 amide bonds. The lowest BCUT2D eigenvalue weighted by Gasteiger charge is -2.22. The quantitative estimate of drug-likeness (QED) is 0.528. The van der Waals surface area contributed by atoms with Crippen LogP contribution in [-0.4, -0.2) is 17.9 Å². The molecule has 0 aromatic heterocycles. The molecule has 0 saturated carbocycles. The molecule has 3 aromatic rings. The van der Waals surface area contributed by atoms with E-state index in [2.05, 4.69) is 6.07 Å². The summed E-state index contributed by atoms with van der Waals surface area (Å²) in [5, 5.41) is 8.97. The second kappa shape index (κ2) is 10.0. The van der Waals surface area contributed by atoms with Crippen molar-refractivity contribution in [2.75, 3.05) is 7.11 Å². The Morgan fingerprint density at radius 1 is 1.03 bits per heavy atom. The summed E-state index contributed by atoms with van der Waals surface area (Å²) in [6.07, 6.45) is 3.22. The Bertz CT molecular complexity index is 1080. The number of nitriles is 1. The topological polar surface area (TPSA) is 53.3 Å². The van der Waals surface area contributed by atoms with Crippen LogP contribution in [-0.2, 0) is 17.9 Å². The maximum atomic E-state index is 13.6. The van der Waals surface area contributed by atoms with Gasteiger partial charge in [-0.05, 0) is 59.2 Å². The predicted molar refractivity (Wildman–Crippen MR) is 114 cm³/mol. The molecule has 0 aliphatic carbocycles. The summed E-state index contributed by atoms with van der Waals surface area (Å²) in [4.78, 5) is 14.6. The van der Waals surface area contributed by atoms with E-state index in [4.69, 9.17) is 10.00 Å². The number of halogens is 1. The molecule has 4 nitrogen and oxygen atoms in total. The van der Waals surface area contributed by atoms with Crippen LogP contribution in [0, 0.1) is 17.1 Å². The van der Waals surface area contributed by atoms with Crippen molar-refractivity contribution >= 4 is 12.0 Å². The van der Waals surface area contributed by atoms with E-state index in [9.17, 15) is 9.18 Å². The summed E-state index contributed by atoms with van der Waals surface area (Å²) in [5.41, 5.74) is 2.98. The minimum absolute atomic E-state index is 0.202. The molecule has 0 heterocycles. The lowest BCUT2D eigenvalue weighted by molar-refractivity contribution is -0.127. The monoisotopic (exact) mass is 400 g/mol. The van der Waals surface area contributed by atoms with Crippen LogP contribution in [0.15, 0.2) is 78.9 Å². The standard InChI is InChI=1S/C25H21FN2O2/c1-30-24-7-3-4-19(15-24)12-13-25(29)28(18-22-5-2-6-23(26)14-22)17-21-10-8-20(16-27)9-11-21/h2-15H,17-18H2,1H3. The van der Waals surface area contributed by atoms with E-state index in [1.165, 1.54) is 18.2 Å². The van der Waals surface area contributed by atoms with Gasteiger partial charge in [0.25, 0.3) is 0 Å². The smallest absolute Gasteiger partial charge is 0.247 e. The maximum Gasteiger partial charge on any atom is 0.247 e. The number of rotatable bonds is 7. The highest BCUT2D eigenvalue weighted by molar-refractivity contribution is 5.91. The summed E-state index contributed by atoms with van der Waals surface area (Å²) in [5.74, 6) is 0.162. The van der Waals surface area contributed by atoms with Gasteiger partial charge in [-0.2, -0.15) is 5.26 Å². The first-order valence-corrected chi connectivity index (χ1v) is 9.42. The summed E-state index contributed by atoms with van der Waals surface area (Å²) >= 11 is 0. The Balaban J connectivity index is 1.81. The molecule has 0 saturated heterocycles. The van der Waals surface area contributed by atoms with Crippen molar-refractivity contribution in [3.63, 3.8) is 0 Å². The zero-order valence-electron chi connectivity index (χ0n) is 16.6. The summed E-state index contributed by atoms with van der Waals surface area (Å²) in [7, 11) is 1.59. The SMILES string of the molecule is COc1cccc(C=CC(=O)N(Cc2ccc(C#N)cc2)Cc2cccc(F)c2)c1.